The van der Waals surface area contributed by atoms with Crippen LogP contribution in [0.5, 0.6) is 5.75 Å². The largest absolute Gasteiger partial charge is 0.496 e. The molecule has 0 aliphatic rings. The van der Waals surface area contributed by atoms with Crippen LogP contribution in [0.2, 0.25) is 0 Å². The number of para-hydroxylation sites is 1. The van der Waals surface area contributed by atoms with E-state index >= 15 is 0 Å². The van der Waals surface area contributed by atoms with Crippen molar-refractivity contribution in [1.29, 1.82) is 0 Å². The maximum absolute atomic E-state index is 5.43. The Hall–Kier alpha value is -1.28. The molecule has 1 atom stereocenters. The third kappa shape index (κ3) is 3.63. The van der Waals surface area contributed by atoms with Crippen LogP contribution in [0.15, 0.2) is 48.5 Å². The van der Waals surface area contributed by atoms with Crippen LogP contribution in [0, 0.1) is 0 Å². The van der Waals surface area contributed by atoms with Gasteiger partial charge in [-0.1, -0.05) is 71.7 Å². The highest BCUT2D eigenvalue weighted by Crippen LogP contribution is 2.36. The second-order valence-electron chi connectivity index (χ2n) is 4.95. The number of rotatable bonds is 6. The molecule has 0 bridgehead atoms. The molecule has 0 aliphatic heterocycles. The second-order valence-corrected chi connectivity index (χ2v) is 5.87. The average molecular weight is 333 g/mol. The number of methoxy groups -OCH3 is 1. The van der Waals surface area contributed by atoms with Gasteiger partial charge in [-0.05, 0) is 30.0 Å². The molecule has 1 nitrogen and oxygen atoms in total. The predicted molar refractivity (Wildman–Crippen MR) is 88.8 cm³/mol. The van der Waals surface area contributed by atoms with Crippen LogP contribution in [-0.4, -0.2) is 7.11 Å². The molecule has 0 saturated heterocycles. The Morgan fingerprint density at radius 3 is 2.40 bits per heavy atom. The molecule has 0 N–H and O–H groups in total. The van der Waals surface area contributed by atoms with Gasteiger partial charge < -0.3 is 4.74 Å². The zero-order valence-electron chi connectivity index (χ0n) is 12.1. The van der Waals surface area contributed by atoms with Gasteiger partial charge >= 0.3 is 0 Å². The van der Waals surface area contributed by atoms with Gasteiger partial charge in [0.05, 0.1) is 11.9 Å². The number of unbranched alkanes of at least 4 members (excludes halogenated alkanes) is 1. The summed E-state index contributed by atoms with van der Waals surface area (Å²) in [6.07, 6.45) is 3.66. The number of hydrogen-bond acceptors (Lipinski definition) is 1. The van der Waals surface area contributed by atoms with Gasteiger partial charge in [-0.2, -0.15) is 0 Å². The lowest BCUT2D eigenvalue weighted by atomic mass is 10.0. The molecule has 0 spiro atoms. The summed E-state index contributed by atoms with van der Waals surface area (Å²) >= 11 is 3.78. The van der Waals surface area contributed by atoms with Crippen LogP contribution in [0.3, 0.4) is 0 Å². The summed E-state index contributed by atoms with van der Waals surface area (Å²) in [5, 5.41) is 0. The standard InChI is InChI=1S/C18H21BrO/c1-3-4-7-14-10-12-15(13-11-14)18(19)16-8-5-6-9-17(16)20-2/h5-6,8-13,18H,3-4,7H2,1-2H3. The zero-order chi connectivity index (χ0) is 14.4. The van der Waals surface area contributed by atoms with E-state index in [4.69, 9.17) is 4.74 Å². The van der Waals surface area contributed by atoms with Crippen LogP contribution >= 0.6 is 15.9 Å². The lowest BCUT2D eigenvalue weighted by Gasteiger charge is -2.15. The zero-order valence-corrected chi connectivity index (χ0v) is 13.7. The second kappa shape index (κ2) is 7.49. The molecule has 20 heavy (non-hydrogen) atoms. The van der Waals surface area contributed by atoms with Gasteiger partial charge in [0.2, 0.25) is 0 Å². The SMILES string of the molecule is CCCCc1ccc(C(Br)c2ccccc2OC)cc1. The minimum absolute atomic E-state index is 0.166. The number of halogens is 1. The quantitative estimate of drug-likeness (QED) is 0.632. The molecule has 0 radical (unpaired) electrons. The minimum Gasteiger partial charge on any atom is -0.496 e. The van der Waals surface area contributed by atoms with Crippen LogP contribution in [0.1, 0.15) is 41.3 Å². The first-order valence-electron chi connectivity index (χ1n) is 7.12. The summed E-state index contributed by atoms with van der Waals surface area (Å²) in [6, 6.07) is 17.0. The van der Waals surface area contributed by atoms with Crippen molar-refractivity contribution in [3.8, 4) is 5.75 Å². The van der Waals surface area contributed by atoms with Crippen molar-refractivity contribution >= 4 is 15.9 Å². The third-order valence-corrected chi connectivity index (χ3v) is 4.53. The fourth-order valence-corrected chi connectivity index (χ4v) is 2.97. The Morgan fingerprint density at radius 2 is 1.75 bits per heavy atom. The molecule has 1 unspecified atom stereocenters. The van der Waals surface area contributed by atoms with Gasteiger partial charge in [0.1, 0.15) is 5.75 Å². The van der Waals surface area contributed by atoms with E-state index in [1.54, 1.807) is 7.11 Å². The van der Waals surface area contributed by atoms with Crippen LogP contribution in [0.25, 0.3) is 0 Å². The van der Waals surface area contributed by atoms with Gasteiger partial charge in [-0.25, -0.2) is 0 Å². The fourth-order valence-electron chi connectivity index (χ4n) is 2.29. The van der Waals surface area contributed by atoms with E-state index in [0.29, 0.717) is 0 Å². The molecule has 0 fully saturated rings. The van der Waals surface area contributed by atoms with Crippen molar-refractivity contribution in [1.82, 2.24) is 0 Å². The molecule has 2 rings (SSSR count). The molecule has 2 aromatic rings. The number of alkyl halides is 1. The monoisotopic (exact) mass is 332 g/mol. The highest BCUT2D eigenvalue weighted by atomic mass is 79.9. The summed E-state index contributed by atoms with van der Waals surface area (Å²) in [5.74, 6) is 0.921. The summed E-state index contributed by atoms with van der Waals surface area (Å²) in [5.41, 5.74) is 3.83. The van der Waals surface area contributed by atoms with E-state index in [9.17, 15) is 0 Å². The summed E-state index contributed by atoms with van der Waals surface area (Å²) in [7, 11) is 1.71. The van der Waals surface area contributed by atoms with E-state index < -0.39 is 0 Å². The van der Waals surface area contributed by atoms with Gasteiger partial charge in [-0.3, -0.25) is 0 Å². The molecule has 0 amide bonds. The highest BCUT2D eigenvalue weighted by molar-refractivity contribution is 9.09. The number of benzene rings is 2. The lowest BCUT2D eigenvalue weighted by molar-refractivity contribution is 0.410. The molecule has 0 aromatic heterocycles. The van der Waals surface area contributed by atoms with E-state index in [1.807, 2.05) is 18.2 Å². The Kier molecular flexibility index (Phi) is 5.66. The smallest absolute Gasteiger partial charge is 0.123 e. The maximum atomic E-state index is 5.43. The first-order chi connectivity index (χ1) is 9.76. The Morgan fingerprint density at radius 1 is 1.05 bits per heavy atom. The van der Waals surface area contributed by atoms with Gasteiger partial charge in [-0.15, -0.1) is 0 Å². The Balaban J connectivity index is 2.18. The Labute approximate surface area is 130 Å². The van der Waals surface area contributed by atoms with Crippen LogP contribution in [-0.2, 0) is 6.42 Å². The van der Waals surface area contributed by atoms with E-state index in [-0.39, 0.29) is 4.83 Å². The van der Waals surface area contributed by atoms with Crippen molar-refractivity contribution in [3.05, 3.63) is 65.2 Å². The fraction of sp³-hybridized carbons (Fsp3) is 0.333. The molecule has 0 heterocycles. The van der Waals surface area contributed by atoms with E-state index in [0.717, 1.165) is 11.3 Å². The van der Waals surface area contributed by atoms with Crippen LogP contribution in [0.4, 0.5) is 0 Å². The predicted octanol–water partition coefficient (Wildman–Crippen LogP) is 5.52. The Bertz CT molecular complexity index is 533. The van der Waals surface area contributed by atoms with Crippen molar-refractivity contribution in [2.24, 2.45) is 0 Å². The minimum atomic E-state index is 0.166. The summed E-state index contributed by atoms with van der Waals surface area (Å²) < 4.78 is 5.43. The first-order valence-corrected chi connectivity index (χ1v) is 8.03. The molecular formula is C18H21BrO. The van der Waals surface area contributed by atoms with Crippen molar-refractivity contribution in [2.75, 3.05) is 7.11 Å². The maximum Gasteiger partial charge on any atom is 0.123 e. The van der Waals surface area contributed by atoms with Crippen LogP contribution < -0.4 is 4.74 Å². The molecular weight excluding hydrogens is 312 g/mol. The number of aryl methyl sites for hydroxylation is 1. The molecule has 2 heteroatoms. The molecule has 0 aliphatic carbocycles. The first kappa shape index (κ1) is 15.1. The highest BCUT2D eigenvalue weighted by Gasteiger charge is 2.14. The molecule has 0 saturated carbocycles. The van der Waals surface area contributed by atoms with Gasteiger partial charge in [0.25, 0.3) is 0 Å². The number of ether oxygens (including phenoxy) is 1. The van der Waals surface area contributed by atoms with Gasteiger partial charge in [0.15, 0.2) is 0 Å². The van der Waals surface area contributed by atoms with Crippen molar-refractivity contribution in [3.63, 3.8) is 0 Å². The third-order valence-electron chi connectivity index (χ3n) is 3.50. The normalized spacial score (nSPS) is 12.2. The topological polar surface area (TPSA) is 9.23 Å². The van der Waals surface area contributed by atoms with Gasteiger partial charge in [0, 0.05) is 5.56 Å². The summed E-state index contributed by atoms with van der Waals surface area (Å²) in [4.78, 5) is 0.166. The van der Waals surface area contributed by atoms with Crippen molar-refractivity contribution in [2.45, 2.75) is 31.0 Å². The molecule has 106 valence electrons. The van der Waals surface area contributed by atoms with Crippen molar-refractivity contribution < 1.29 is 4.74 Å². The van der Waals surface area contributed by atoms with E-state index in [2.05, 4.69) is 53.2 Å². The average Bonchev–Trinajstić information content (AvgIpc) is 2.52. The lowest BCUT2D eigenvalue weighted by Crippen LogP contribution is -1.97. The molecule has 2 aromatic carbocycles. The number of hydrogen-bond donors (Lipinski definition) is 0. The summed E-state index contributed by atoms with van der Waals surface area (Å²) in [6.45, 7) is 2.23. The van der Waals surface area contributed by atoms with E-state index in [1.165, 1.54) is 30.4 Å².